The van der Waals surface area contributed by atoms with Crippen LogP contribution in [0.5, 0.6) is 0 Å². The summed E-state index contributed by atoms with van der Waals surface area (Å²) in [6.45, 7) is 5.34. The molecule has 17 heavy (non-hydrogen) atoms. The van der Waals surface area contributed by atoms with E-state index in [4.69, 9.17) is 4.74 Å². The van der Waals surface area contributed by atoms with E-state index < -0.39 is 0 Å². The number of nitrogens with zero attached hydrogens (tertiary/aromatic N) is 1. The first-order valence-corrected chi connectivity index (χ1v) is 6.97. The lowest BCUT2D eigenvalue weighted by atomic mass is 9.87. The van der Waals surface area contributed by atoms with Gasteiger partial charge in [-0.25, -0.2) is 0 Å². The van der Waals surface area contributed by atoms with Gasteiger partial charge in [0.1, 0.15) is 0 Å². The van der Waals surface area contributed by atoms with E-state index in [2.05, 4.69) is 29.6 Å². The van der Waals surface area contributed by atoms with Gasteiger partial charge in [0.05, 0.1) is 0 Å². The van der Waals surface area contributed by atoms with Crippen molar-refractivity contribution in [2.45, 2.75) is 31.3 Å². The molecule has 2 fully saturated rings. The van der Waals surface area contributed by atoms with E-state index in [1.165, 1.54) is 25.8 Å². The van der Waals surface area contributed by atoms with Crippen LogP contribution in [0.25, 0.3) is 0 Å². The predicted octanol–water partition coefficient (Wildman–Crippen LogP) is 0.295. The standard InChI is InChI=1S/C13H27N3O/c1-14-13(11-3-7-17-8-4-11)9-12-10-15-5-6-16(12)2/h11-15H,3-10H2,1-2H3. The highest BCUT2D eigenvalue weighted by Gasteiger charge is 2.28. The van der Waals surface area contributed by atoms with E-state index in [1.807, 2.05) is 0 Å². The van der Waals surface area contributed by atoms with E-state index in [1.54, 1.807) is 0 Å². The lowest BCUT2D eigenvalue weighted by Gasteiger charge is -2.38. The Bertz CT molecular complexity index is 219. The van der Waals surface area contributed by atoms with E-state index in [-0.39, 0.29) is 0 Å². The lowest BCUT2D eigenvalue weighted by molar-refractivity contribution is 0.0478. The highest BCUT2D eigenvalue weighted by molar-refractivity contribution is 4.86. The van der Waals surface area contributed by atoms with Crippen LogP contribution in [-0.2, 0) is 4.74 Å². The monoisotopic (exact) mass is 241 g/mol. The molecule has 100 valence electrons. The average Bonchev–Trinajstić information content (AvgIpc) is 2.39. The molecule has 0 saturated carbocycles. The Kier molecular flexibility index (Phi) is 5.22. The fourth-order valence-electron chi connectivity index (χ4n) is 3.08. The van der Waals surface area contributed by atoms with Crippen LogP contribution in [0.2, 0.25) is 0 Å². The van der Waals surface area contributed by atoms with E-state index >= 15 is 0 Å². The van der Waals surface area contributed by atoms with Gasteiger partial charge >= 0.3 is 0 Å². The maximum Gasteiger partial charge on any atom is 0.0469 e. The van der Waals surface area contributed by atoms with Gasteiger partial charge in [0.2, 0.25) is 0 Å². The van der Waals surface area contributed by atoms with Crippen LogP contribution >= 0.6 is 0 Å². The van der Waals surface area contributed by atoms with Crippen molar-refractivity contribution in [2.75, 3.05) is 46.9 Å². The third-order valence-electron chi connectivity index (χ3n) is 4.38. The number of nitrogens with one attached hydrogen (secondary N) is 2. The fraction of sp³-hybridized carbons (Fsp3) is 1.00. The largest absolute Gasteiger partial charge is 0.381 e. The molecule has 2 rings (SSSR count). The number of rotatable bonds is 4. The molecule has 0 aromatic rings. The molecule has 2 heterocycles. The molecule has 2 N–H and O–H groups in total. The van der Waals surface area contributed by atoms with Gasteiger partial charge in [-0.3, -0.25) is 0 Å². The Hall–Kier alpha value is -0.160. The Labute approximate surface area is 105 Å². The molecule has 0 aliphatic carbocycles. The first kappa shape index (κ1) is 13.3. The number of ether oxygens (including phenoxy) is 1. The van der Waals surface area contributed by atoms with Gasteiger partial charge in [-0.15, -0.1) is 0 Å². The summed E-state index contributed by atoms with van der Waals surface area (Å²) in [5, 5.41) is 7.03. The van der Waals surface area contributed by atoms with Crippen molar-refractivity contribution in [1.82, 2.24) is 15.5 Å². The number of likely N-dealkylation sites (N-methyl/N-ethyl adjacent to an activating group) is 1. The first-order chi connectivity index (χ1) is 8.31. The maximum atomic E-state index is 5.45. The lowest BCUT2D eigenvalue weighted by Crippen LogP contribution is -2.52. The Balaban J connectivity index is 1.84. The van der Waals surface area contributed by atoms with Crippen molar-refractivity contribution in [3.63, 3.8) is 0 Å². The quantitative estimate of drug-likeness (QED) is 0.742. The maximum absolute atomic E-state index is 5.45. The number of hydrogen-bond acceptors (Lipinski definition) is 4. The molecule has 2 atom stereocenters. The van der Waals surface area contributed by atoms with Crippen LogP contribution in [0.4, 0.5) is 0 Å². The van der Waals surface area contributed by atoms with Gasteiger partial charge in [0.15, 0.2) is 0 Å². The van der Waals surface area contributed by atoms with Crippen LogP contribution in [0, 0.1) is 5.92 Å². The van der Waals surface area contributed by atoms with Crippen LogP contribution in [0.3, 0.4) is 0 Å². The zero-order valence-corrected chi connectivity index (χ0v) is 11.2. The van der Waals surface area contributed by atoms with Crippen molar-refractivity contribution in [3.8, 4) is 0 Å². The molecule has 2 unspecified atom stereocenters. The zero-order chi connectivity index (χ0) is 12.1. The molecule has 2 aliphatic rings. The molecule has 0 radical (unpaired) electrons. The van der Waals surface area contributed by atoms with E-state index in [9.17, 15) is 0 Å². The molecule has 0 aromatic heterocycles. The molecular formula is C13H27N3O. The minimum Gasteiger partial charge on any atom is -0.381 e. The second-order valence-corrected chi connectivity index (χ2v) is 5.42. The van der Waals surface area contributed by atoms with Gasteiger partial charge in [-0.05, 0) is 39.3 Å². The summed E-state index contributed by atoms with van der Waals surface area (Å²) in [6, 6.07) is 1.33. The van der Waals surface area contributed by atoms with Gasteiger partial charge in [-0.2, -0.15) is 0 Å². The minimum absolute atomic E-state index is 0.645. The van der Waals surface area contributed by atoms with Gasteiger partial charge in [0, 0.05) is 44.9 Å². The molecule has 0 bridgehead atoms. The molecule has 4 nitrogen and oxygen atoms in total. The summed E-state index contributed by atoms with van der Waals surface area (Å²) in [6.07, 6.45) is 3.69. The molecule has 0 aromatic carbocycles. The summed E-state index contributed by atoms with van der Waals surface area (Å²) in [5.74, 6) is 0.795. The first-order valence-electron chi connectivity index (χ1n) is 6.97. The molecule has 0 spiro atoms. The smallest absolute Gasteiger partial charge is 0.0469 e. The van der Waals surface area contributed by atoms with E-state index in [0.29, 0.717) is 12.1 Å². The second kappa shape index (κ2) is 6.69. The van der Waals surface area contributed by atoms with E-state index in [0.717, 1.165) is 32.2 Å². The summed E-state index contributed by atoms with van der Waals surface area (Å²) < 4.78 is 5.45. The molecule has 0 amide bonds. The third-order valence-corrected chi connectivity index (χ3v) is 4.38. The Morgan fingerprint density at radius 1 is 1.41 bits per heavy atom. The molecule has 2 saturated heterocycles. The highest BCUT2D eigenvalue weighted by Crippen LogP contribution is 2.22. The van der Waals surface area contributed by atoms with Crippen molar-refractivity contribution in [2.24, 2.45) is 5.92 Å². The molecule has 4 heteroatoms. The van der Waals surface area contributed by atoms with Crippen LogP contribution in [-0.4, -0.2) is 63.9 Å². The van der Waals surface area contributed by atoms with Gasteiger partial charge < -0.3 is 20.3 Å². The topological polar surface area (TPSA) is 36.5 Å². The summed E-state index contributed by atoms with van der Waals surface area (Å²) >= 11 is 0. The van der Waals surface area contributed by atoms with Crippen molar-refractivity contribution >= 4 is 0 Å². The average molecular weight is 241 g/mol. The summed E-state index contributed by atoms with van der Waals surface area (Å²) in [5.41, 5.74) is 0. The van der Waals surface area contributed by atoms with Crippen molar-refractivity contribution < 1.29 is 4.74 Å². The predicted molar refractivity (Wildman–Crippen MR) is 70.3 cm³/mol. The van der Waals surface area contributed by atoms with Gasteiger partial charge in [-0.1, -0.05) is 0 Å². The highest BCUT2D eigenvalue weighted by atomic mass is 16.5. The molecular weight excluding hydrogens is 214 g/mol. The zero-order valence-electron chi connectivity index (χ0n) is 11.2. The van der Waals surface area contributed by atoms with Crippen LogP contribution in [0.15, 0.2) is 0 Å². The van der Waals surface area contributed by atoms with Crippen molar-refractivity contribution in [3.05, 3.63) is 0 Å². The number of piperazine rings is 1. The van der Waals surface area contributed by atoms with Crippen LogP contribution in [0.1, 0.15) is 19.3 Å². The summed E-state index contributed by atoms with van der Waals surface area (Å²) in [7, 11) is 4.36. The second-order valence-electron chi connectivity index (χ2n) is 5.42. The SMILES string of the molecule is CNC(CC1CNCCN1C)C1CCOCC1. The Morgan fingerprint density at radius 2 is 2.18 bits per heavy atom. The third kappa shape index (κ3) is 3.65. The number of hydrogen-bond donors (Lipinski definition) is 2. The van der Waals surface area contributed by atoms with Crippen molar-refractivity contribution in [1.29, 1.82) is 0 Å². The molecule has 2 aliphatic heterocycles. The summed E-state index contributed by atoms with van der Waals surface area (Å²) in [4.78, 5) is 2.50. The normalized spacial score (nSPS) is 30.4. The minimum atomic E-state index is 0.645. The van der Waals surface area contributed by atoms with Gasteiger partial charge in [0.25, 0.3) is 0 Å². The Morgan fingerprint density at radius 3 is 2.82 bits per heavy atom. The van der Waals surface area contributed by atoms with Crippen LogP contribution < -0.4 is 10.6 Å². The fourth-order valence-corrected chi connectivity index (χ4v) is 3.08.